The molecule has 6 heteroatoms. The van der Waals surface area contributed by atoms with Crippen molar-refractivity contribution in [3.63, 3.8) is 0 Å². The number of carbonyl (C=O) groups is 1. The topological polar surface area (TPSA) is 51.2 Å². The third-order valence-electron chi connectivity index (χ3n) is 4.78. The number of pyridine rings is 1. The Balaban J connectivity index is 1.71. The van der Waals surface area contributed by atoms with E-state index in [1.54, 1.807) is 17.8 Å². The summed E-state index contributed by atoms with van der Waals surface area (Å²) < 4.78 is 5.89. The van der Waals surface area contributed by atoms with Crippen LogP contribution in [0.2, 0.25) is 5.02 Å². The Hall–Kier alpha value is -3.02. The Morgan fingerprint density at radius 3 is 2.68 bits per heavy atom. The van der Waals surface area contributed by atoms with Crippen LogP contribution >= 0.6 is 23.4 Å². The number of carbonyl (C=O) groups excluding carboxylic acids is 1. The zero-order valence-corrected chi connectivity index (χ0v) is 18.8. The van der Waals surface area contributed by atoms with Gasteiger partial charge in [-0.15, -0.1) is 11.8 Å². The van der Waals surface area contributed by atoms with Gasteiger partial charge in [-0.3, -0.25) is 4.79 Å². The van der Waals surface area contributed by atoms with Crippen LogP contribution in [0.15, 0.2) is 77.7 Å². The van der Waals surface area contributed by atoms with Crippen molar-refractivity contribution in [2.24, 2.45) is 0 Å². The van der Waals surface area contributed by atoms with Crippen molar-refractivity contribution in [1.82, 2.24) is 4.98 Å². The summed E-state index contributed by atoms with van der Waals surface area (Å²) in [7, 11) is 0. The number of fused-ring (bicyclic) bond motifs is 1. The van der Waals surface area contributed by atoms with Crippen LogP contribution in [-0.2, 0) is 0 Å². The van der Waals surface area contributed by atoms with Crippen LogP contribution in [0.5, 0.6) is 5.75 Å². The first-order chi connectivity index (χ1) is 15.1. The molecule has 1 amide bonds. The van der Waals surface area contributed by atoms with Gasteiger partial charge in [0.15, 0.2) is 0 Å². The highest BCUT2D eigenvalue weighted by Crippen LogP contribution is 2.32. The zero-order valence-electron chi connectivity index (χ0n) is 17.2. The number of thioether (sulfide) groups is 1. The molecule has 0 aliphatic rings. The van der Waals surface area contributed by atoms with Crippen molar-refractivity contribution in [2.75, 3.05) is 18.2 Å². The third-order valence-corrected chi connectivity index (χ3v) is 5.74. The number of anilines is 1. The van der Waals surface area contributed by atoms with Crippen LogP contribution in [0.1, 0.15) is 17.3 Å². The van der Waals surface area contributed by atoms with Gasteiger partial charge < -0.3 is 10.1 Å². The number of rotatable bonds is 6. The SMILES string of the molecule is CCOc1cc(-c2cccc(Cl)c2)nc2ccc(C(=O)Nc3cccc(SC)c3)cc12. The largest absolute Gasteiger partial charge is 0.493 e. The lowest BCUT2D eigenvalue weighted by molar-refractivity contribution is 0.102. The van der Waals surface area contributed by atoms with Crippen molar-refractivity contribution < 1.29 is 9.53 Å². The van der Waals surface area contributed by atoms with Gasteiger partial charge in [0.25, 0.3) is 5.91 Å². The first kappa shape index (κ1) is 21.2. The number of nitrogens with zero attached hydrogens (tertiary/aromatic N) is 1. The molecule has 4 nitrogen and oxygen atoms in total. The maximum absolute atomic E-state index is 12.9. The first-order valence-electron chi connectivity index (χ1n) is 9.86. The van der Waals surface area contributed by atoms with E-state index in [1.165, 1.54) is 0 Å². The summed E-state index contributed by atoms with van der Waals surface area (Å²) in [5.74, 6) is 0.503. The fourth-order valence-electron chi connectivity index (χ4n) is 3.31. The van der Waals surface area contributed by atoms with E-state index in [1.807, 2.05) is 79.9 Å². The molecule has 3 aromatic carbocycles. The molecule has 0 spiro atoms. The van der Waals surface area contributed by atoms with Crippen molar-refractivity contribution >= 4 is 45.9 Å². The van der Waals surface area contributed by atoms with Gasteiger partial charge in [0.2, 0.25) is 0 Å². The smallest absolute Gasteiger partial charge is 0.255 e. The van der Waals surface area contributed by atoms with Crippen LogP contribution < -0.4 is 10.1 Å². The second kappa shape index (κ2) is 9.41. The van der Waals surface area contributed by atoms with Gasteiger partial charge in [-0.1, -0.05) is 29.8 Å². The van der Waals surface area contributed by atoms with Gasteiger partial charge in [-0.25, -0.2) is 4.98 Å². The molecule has 1 N–H and O–H groups in total. The minimum atomic E-state index is -0.179. The van der Waals surface area contributed by atoms with E-state index >= 15 is 0 Å². The van der Waals surface area contributed by atoms with Gasteiger partial charge >= 0.3 is 0 Å². The highest BCUT2D eigenvalue weighted by Gasteiger charge is 2.13. The summed E-state index contributed by atoms with van der Waals surface area (Å²) in [5, 5.41) is 4.40. The Morgan fingerprint density at radius 1 is 1.06 bits per heavy atom. The number of nitrogens with one attached hydrogen (secondary N) is 1. The Morgan fingerprint density at radius 2 is 1.90 bits per heavy atom. The number of ether oxygens (including phenoxy) is 1. The van der Waals surface area contributed by atoms with E-state index in [0.717, 1.165) is 32.7 Å². The molecule has 0 unspecified atom stereocenters. The lowest BCUT2D eigenvalue weighted by Gasteiger charge is -2.12. The predicted molar refractivity (Wildman–Crippen MR) is 130 cm³/mol. The van der Waals surface area contributed by atoms with Gasteiger partial charge in [-0.2, -0.15) is 0 Å². The molecular formula is C25H21ClN2O2S. The molecule has 1 heterocycles. The Bertz CT molecular complexity index is 1260. The lowest BCUT2D eigenvalue weighted by Crippen LogP contribution is -2.12. The highest BCUT2D eigenvalue weighted by atomic mass is 35.5. The number of aromatic nitrogens is 1. The molecule has 4 aromatic rings. The number of hydrogen-bond donors (Lipinski definition) is 1. The molecule has 0 saturated heterocycles. The minimum absolute atomic E-state index is 0.179. The average molecular weight is 449 g/mol. The van der Waals surface area contributed by atoms with Gasteiger partial charge in [0.1, 0.15) is 5.75 Å². The average Bonchev–Trinajstić information content (AvgIpc) is 2.79. The molecular weight excluding hydrogens is 428 g/mol. The van der Waals surface area contributed by atoms with Crippen LogP contribution in [0.25, 0.3) is 22.2 Å². The molecule has 0 atom stereocenters. The standard InChI is InChI=1S/C25H21ClN2O2S/c1-3-30-24-15-23(16-6-4-7-18(26)12-16)28-22-11-10-17(13-21(22)24)25(29)27-19-8-5-9-20(14-19)31-2/h4-15H,3H2,1-2H3,(H,27,29). The van der Waals surface area contributed by atoms with Crippen molar-refractivity contribution in [2.45, 2.75) is 11.8 Å². The number of hydrogen-bond acceptors (Lipinski definition) is 4. The molecule has 1 aromatic heterocycles. The molecule has 4 rings (SSSR count). The number of benzene rings is 3. The van der Waals surface area contributed by atoms with E-state index in [-0.39, 0.29) is 5.91 Å². The fourth-order valence-corrected chi connectivity index (χ4v) is 3.96. The number of halogens is 1. The van der Waals surface area contributed by atoms with Crippen molar-refractivity contribution in [3.8, 4) is 17.0 Å². The number of amides is 1. The normalized spacial score (nSPS) is 10.8. The molecule has 0 fully saturated rings. The van der Waals surface area contributed by atoms with E-state index < -0.39 is 0 Å². The highest BCUT2D eigenvalue weighted by molar-refractivity contribution is 7.98. The maximum Gasteiger partial charge on any atom is 0.255 e. The van der Waals surface area contributed by atoms with Crippen LogP contribution in [-0.4, -0.2) is 23.8 Å². The summed E-state index contributed by atoms with van der Waals surface area (Å²) in [6.07, 6.45) is 2.00. The van der Waals surface area contributed by atoms with E-state index in [4.69, 9.17) is 21.3 Å². The molecule has 0 bridgehead atoms. The molecule has 0 saturated carbocycles. The summed E-state index contributed by atoms with van der Waals surface area (Å²) >= 11 is 7.78. The fraction of sp³-hybridized carbons (Fsp3) is 0.120. The van der Waals surface area contributed by atoms with E-state index in [2.05, 4.69) is 5.32 Å². The Labute approximate surface area is 190 Å². The van der Waals surface area contributed by atoms with E-state index in [9.17, 15) is 4.79 Å². The van der Waals surface area contributed by atoms with E-state index in [0.29, 0.717) is 22.9 Å². The molecule has 0 aliphatic heterocycles. The summed E-state index contributed by atoms with van der Waals surface area (Å²) in [6.45, 7) is 2.44. The first-order valence-corrected chi connectivity index (χ1v) is 11.5. The van der Waals surface area contributed by atoms with Crippen molar-refractivity contribution in [3.05, 3.63) is 83.4 Å². The van der Waals surface area contributed by atoms with Gasteiger partial charge in [-0.05, 0) is 61.7 Å². The minimum Gasteiger partial charge on any atom is -0.493 e. The Kier molecular flexibility index (Phi) is 6.44. The second-order valence-corrected chi connectivity index (χ2v) is 8.18. The summed E-state index contributed by atoms with van der Waals surface area (Å²) in [6, 6.07) is 22.7. The van der Waals surface area contributed by atoms with Crippen LogP contribution in [0, 0.1) is 0 Å². The quantitative estimate of drug-likeness (QED) is 0.325. The molecule has 0 radical (unpaired) electrons. The predicted octanol–water partition coefficient (Wildman–Crippen LogP) is 6.93. The van der Waals surface area contributed by atoms with Gasteiger partial charge in [0.05, 0.1) is 17.8 Å². The van der Waals surface area contributed by atoms with Crippen LogP contribution in [0.4, 0.5) is 5.69 Å². The lowest BCUT2D eigenvalue weighted by atomic mass is 10.1. The van der Waals surface area contributed by atoms with Crippen molar-refractivity contribution in [1.29, 1.82) is 0 Å². The second-order valence-electron chi connectivity index (χ2n) is 6.87. The maximum atomic E-state index is 12.9. The third kappa shape index (κ3) is 4.84. The zero-order chi connectivity index (χ0) is 21.8. The summed E-state index contributed by atoms with van der Waals surface area (Å²) in [5.41, 5.74) is 3.73. The van der Waals surface area contributed by atoms with Gasteiger partial charge in [0, 0.05) is 38.2 Å². The summed E-state index contributed by atoms with van der Waals surface area (Å²) in [4.78, 5) is 18.7. The molecule has 156 valence electrons. The molecule has 31 heavy (non-hydrogen) atoms. The van der Waals surface area contributed by atoms with Crippen LogP contribution in [0.3, 0.4) is 0 Å². The molecule has 0 aliphatic carbocycles. The monoisotopic (exact) mass is 448 g/mol.